The standard InChI is InChI=1S/C3H6O2.FH.Ni/c1-2-3(4)5;;/h2H2,1H3,(H,4,5);1H;. The van der Waals surface area contributed by atoms with Crippen LogP contribution in [0.5, 0.6) is 0 Å². The van der Waals surface area contributed by atoms with E-state index in [0.717, 1.165) is 0 Å². The van der Waals surface area contributed by atoms with E-state index in [-0.39, 0.29) is 27.6 Å². The molecule has 0 aliphatic carbocycles. The first-order valence-corrected chi connectivity index (χ1v) is 1.49. The van der Waals surface area contributed by atoms with Gasteiger partial charge in [0.15, 0.2) is 0 Å². The van der Waals surface area contributed by atoms with Crippen molar-refractivity contribution in [2.24, 2.45) is 0 Å². The molecule has 0 aromatic rings. The van der Waals surface area contributed by atoms with Gasteiger partial charge in [-0.15, -0.1) is 0 Å². The molecule has 0 heterocycles. The van der Waals surface area contributed by atoms with E-state index in [1.165, 1.54) is 0 Å². The van der Waals surface area contributed by atoms with Crippen LogP contribution < -0.4 is 0 Å². The Morgan fingerprint density at radius 3 is 1.86 bits per heavy atom. The third-order valence-electron chi connectivity index (χ3n) is 0.302. The number of carbonyl (C=O) groups is 1. The number of hydrogen-bond acceptors (Lipinski definition) is 1. The van der Waals surface area contributed by atoms with Gasteiger partial charge in [-0.1, -0.05) is 6.92 Å². The van der Waals surface area contributed by atoms with Crippen molar-refractivity contribution in [2.45, 2.75) is 13.3 Å². The SMILES string of the molecule is CCC(=O)O.F.[Ni]. The monoisotopic (exact) mass is 152 g/mol. The predicted octanol–water partition coefficient (Wildman–Crippen LogP) is 0.631. The summed E-state index contributed by atoms with van der Waals surface area (Å²) in [5.74, 6) is -0.745. The molecule has 0 saturated heterocycles. The number of aliphatic carboxylic acids is 1. The Balaban J connectivity index is -0.0000000800. The molecule has 0 aromatic heterocycles. The third kappa shape index (κ3) is 24.9. The van der Waals surface area contributed by atoms with Gasteiger partial charge in [0.05, 0.1) is 0 Å². The van der Waals surface area contributed by atoms with E-state index in [4.69, 9.17) is 5.11 Å². The summed E-state index contributed by atoms with van der Waals surface area (Å²) in [5, 5.41) is 7.72. The number of carboxylic acid groups (broad SMARTS) is 1. The van der Waals surface area contributed by atoms with Crippen molar-refractivity contribution < 1.29 is 31.1 Å². The Labute approximate surface area is 51.2 Å². The van der Waals surface area contributed by atoms with Gasteiger partial charge in [-0.2, -0.15) is 0 Å². The average Bonchev–Trinajstić information content (AvgIpc) is 1.38. The first kappa shape index (κ1) is 15.8. The zero-order chi connectivity index (χ0) is 4.28. The molecule has 4 heteroatoms. The molecule has 2 nitrogen and oxygen atoms in total. The molecule has 0 bridgehead atoms. The van der Waals surface area contributed by atoms with Crippen LogP contribution in [0.15, 0.2) is 0 Å². The second-order valence-corrected chi connectivity index (χ2v) is 0.747. The summed E-state index contributed by atoms with van der Waals surface area (Å²) >= 11 is 0. The van der Waals surface area contributed by atoms with E-state index in [2.05, 4.69) is 0 Å². The van der Waals surface area contributed by atoms with E-state index in [9.17, 15) is 4.79 Å². The zero-order valence-corrected chi connectivity index (χ0v) is 4.77. The smallest absolute Gasteiger partial charge is 0.303 e. The summed E-state index contributed by atoms with van der Waals surface area (Å²) in [6.07, 6.45) is 0.222. The molecule has 0 spiro atoms. The molecule has 0 amide bonds. The summed E-state index contributed by atoms with van der Waals surface area (Å²) in [6.45, 7) is 1.60. The van der Waals surface area contributed by atoms with Gasteiger partial charge in [-0.05, 0) is 0 Å². The normalized spacial score (nSPS) is 5.29. The van der Waals surface area contributed by atoms with Gasteiger partial charge >= 0.3 is 5.97 Å². The summed E-state index contributed by atoms with van der Waals surface area (Å²) in [4.78, 5) is 9.37. The fourth-order valence-corrected chi connectivity index (χ4v) is 0. The summed E-state index contributed by atoms with van der Waals surface area (Å²) in [7, 11) is 0. The molecule has 0 aliphatic rings. The van der Waals surface area contributed by atoms with Gasteiger partial charge in [0.25, 0.3) is 0 Å². The van der Waals surface area contributed by atoms with Crippen molar-refractivity contribution in [3.05, 3.63) is 0 Å². The third-order valence-corrected chi connectivity index (χ3v) is 0.302. The number of halogens is 1. The van der Waals surface area contributed by atoms with Crippen molar-refractivity contribution in [3.8, 4) is 0 Å². The van der Waals surface area contributed by atoms with Crippen molar-refractivity contribution in [1.29, 1.82) is 0 Å². The van der Waals surface area contributed by atoms with Crippen molar-refractivity contribution in [1.82, 2.24) is 0 Å². The number of rotatable bonds is 1. The van der Waals surface area contributed by atoms with Crippen LogP contribution in [-0.2, 0) is 21.3 Å². The van der Waals surface area contributed by atoms with E-state index in [0.29, 0.717) is 0 Å². The van der Waals surface area contributed by atoms with Crippen LogP contribution in [0.3, 0.4) is 0 Å². The number of hydrogen-bond donors (Lipinski definition) is 1. The summed E-state index contributed by atoms with van der Waals surface area (Å²) in [6, 6.07) is 0. The molecular formula is C3H7FNiO2. The second-order valence-electron chi connectivity index (χ2n) is 0.747. The van der Waals surface area contributed by atoms with E-state index in [1.54, 1.807) is 6.92 Å². The van der Waals surface area contributed by atoms with Crippen LogP contribution >= 0.6 is 0 Å². The van der Waals surface area contributed by atoms with Crippen LogP contribution in [-0.4, -0.2) is 11.1 Å². The minimum Gasteiger partial charge on any atom is -0.481 e. The minimum absolute atomic E-state index is 0. The maximum Gasteiger partial charge on any atom is 0.303 e. The van der Waals surface area contributed by atoms with E-state index < -0.39 is 5.97 Å². The maximum atomic E-state index is 9.37. The first-order chi connectivity index (χ1) is 2.27. The Morgan fingerprint density at radius 1 is 1.71 bits per heavy atom. The van der Waals surface area contributed by atoms with Crippen LogP contribution in [0.1, 0.15) is 13.3 Å². The molecule has 48 valence electrons. The molecule has 0 aromatic carbocycles. The van der Waals surface area contributed by atoms with Crippen molar-refractivity contribution in [3.63, 3.8) is 0 Å². The molecule has 0 rings (SSSR count). The molecule has 0 atom stereocenters. The molecule has 0 fully saturated rings. The summed E-state index contributed by atoms with van der Waals surface area (Å²) in [5.41, 5.74) is 0. The van der Waals surface area contributed by atoms with Crippen molar-refractivity contribution >= 4 is 5.97 Å². The largest absolute Gasteiger partial charge is 0.481 e. The number of carboxylic acids is 1. The molecule has 0 unspecified atom stereocenters. The fourth-order valence-electron chi connectivity index (χ4n) is 0. The van der Waals surface area contributed by atoms with E-state index in [1.807, 2.05) is 0 Å². The van der Waals surface area contributed by atoms with Crippen LogP contribution in [0.2, 0.25) is 0 Å². The van der Waals surface area contributed by atoms with Gasteiger partial charge in [-0.3, -0.25) is 9.50 Å². The van der Waals surface area contributed by atoms with Crippen molar-refractivity contribution in [2.75, 3.05) is 0 Å². The average molecular weight is 153 g/mol. The van der Waals surface area contributed by atoms with Gasteiger partial charge in [-0.25, -0.2) is 0 Å². The van der Waals surface area contributed by atoms with Crippen LogP contribution in [0.25, 0.3) is 0 Å². The topological polar surface area (TPSA) is 37.3 Å². The molecule has 1 N–H and O–H groups in total. The molecule has 7 heavy (non-hydrogen) atoms. The van der Waals surface area contributed by atoms with Gasteiger partial charge in [0, 0.05) is 22.9 Å². The maximum absolute atomic E-state index is 9.37. The Kier molecular flexibility index (Phi) is 21.0. The quantitative estimate of drug-likeness (QED) is 0.560. The second kappa shape index (κ2) is 9.31. The first-order valence-electron chi connectivity index (χ1n) is 1.49. The van der Waals surface area contributed by atoms with E-state index >= 15 is 0 Å². The fraction of sp³-hybridized carbons (Fsp3) is 0.667. The van der Waals surface area contributed by atoms with Gasteiger partial charge in [0.2, 0.25) is 0 Å². The Bertz CT molecular complexity index is 48.2. The molecule has 0 aliphatic heterocycles. The molecule has 0 radical (unpaired) electrons. The Morgan fingerprint density at radius 2 is 1.86 bits per heavy atom. The Hall–Kier alpha value is -0.106. The minimum atomic E-state index is -0.745. The summed E-state index contributed by atoms with van der Waals surface area (Å²) < 4.78 is 0. The molecule has 0 saturated carbocycles. The predicted molar refractivity (Wildman–Crippen MR) is 20.4 cm³/mol. The zero-order valence-electron chi connectivity index (χ0n) is 3.79. The van der Waals surface area contributed by atoms with Gasteiger partial charge < -0.3 is 5.11 Å². The van der Waals surface area contributed by atoms with Crippen LogP contribution in [0, 0.1) is 0 Å². The van der Waals surface area contributed by atoms with Gasteiger partial charge in [0.1, 0.15) is 0 Å². The molecular weight excluding hydrogens is 146 g/mol. The van der Waals surface area contributed by atoms with Crippen LogP contribution in [0.4, 0.5) is 4.70 Å².